The molecular formula is C13H25I. The second-order valence-electron chi connectivity index (χ2n) is 5.23. The molecule has 0 nitrogen and oxygen atoms in total. The summed E-state index contributed by atoms with van der Waals surface area (Å²) in [6, 6.07) is 0. The maximum atomic E-state index is 2.79. The van der Waals surface area contributed by atoms with Crippen molar-refractivity contribution in [1.82, 2.24) is 0 Å². The first-order valence-electron chi connectivity index (χ1n) is 6.27. The highest BCUT2D eigenvalue weighted by Gasteiger charge is 2.45. The Morgan fingerprint density at radius 3 is 2.14 bits per heavy atom. The van der Waals surface area contributed by atoms with Crippen molar-refractivity contribution in [3.63, 3.8) is 0 Å². The van der Waals surface area contributed by atoms with E-state index in [1.807, 2.05) is 0 Å². The van der Waals surface area contributed by atoms with Crippen LogP contribution in [-0.4, -0.2) is 3.42 Å². The second kappa shape index (κ2) is 5.18. The third-order valence-corrected chi connectivity index (χ3v) is 6.46. The summed E-state index contributed by atoms with van der Waals surface area (Å²) in [5.41, 5.74) is 0.622. The van der Waals surface area contributed by atoms with Gasteiger partial charge in [0.15, 0.2) is 0 Å². The number of hydrogen-bond acceptors (Lipinski definition) is 0. The summed E-state index contributed by atoms with van der Waals surface area (Å²) in [5, 5.41) is 0. The smallest absolute Gasteiger partial charge is 0.0275 e. The zero-order valence-electron chi connectivity index (χ0n) is 10.0. The van der Waals surface area contributed by atoms with Crippen LogP contribution in [0.2, 0.25) is 0 Å². The molecule has 2 atom stereocenters. The van der Waals surface area contributed by atoms with Gasteiger partial charge in [-0.1, -0.05) is 69.0 Å². The Labute approximate surface area is 103 Å². The number of hydrogen-bond donors (Lipinski definition) is 0. The second-order valence-corrected chi connectivity index (χ2v) is 7.30. The quantitative estimate of drug-likeness (QED) is 0.486. The van der Waals surface area contributed by atoms with E-state index in [9.17, 15) is 0 Å². The first kappa shape index (κ1) is 12.8. The predicted octanol–water partition coefficient (Wildman–Crippen LogP) is 5.34. The summed E-state index contributed by atoms with van der Waals surface area (Å²) in [4.78, 5) is 0. The summed E-state index contributed by atoms with van der Waals surface area (Å²) in [7, 11) is 0. The molecule has 2 unspecified atom stereocenters. The lowest BCUT2D eigenvalue weighted by Crippen LogP contribution is -2.43. The van der Waals surface area contributed by atoms with Gasteiger partial charge < -0.3 is 0 Å². The zero-order valence-corrected chi connectivity index (χ0v) is 12.2. The number of rotatable bonds is 4. The van der Waals surface area contributed by atoms with E-state index >= 15 is 0 Å². The lowest BCUT2D eigenvalue weighted by Gasteiger charge is -2.49. The molecule has 14 heavy (non-hydrogen) atoms. The minimum Gasteiger partial charge on any atom is -0.0783 e. The van der Waals surface area contributed by atoms with Crippen LogP contribution in [0.4, 0.5) is 0 Å². The van der Waals surface area contributed by atoms with E-state index in [1.165, 1.54) is 51.4 Å². The van der Waals surface area contributed by atoms with E-state index in [0.29, 0.717) is 8.84 Å². The van der Waals surface area contributed by atoms with E-state index in [-0.39, 0.29) is 0 Å². The Morgan fingerprint density at radius 1 is 1.00 bits per heavy atom. The van der Waals surface area contributed by atoms with Crippen LogP contribution < -0.4 is 0 Å². The third kappa shape index (κ3) is 2.45. The molecule has 0 aromatic carbocycles. The molecule has 84 valence electrons. The zero-order chi connectivity index (χ0) is 10.7. The maximum Gasteiger partial charge on any atom is 0.0275 e. The molecule has 0 saturated heterocycles. The molecule has 1 rings (SSSR count). The lowest BCUT2D eigenvalue weighted by molar-refractivity contribution is 0.137. The van der Waals surface area contributed by atoms with Gasteiger partial charge in [0.05, 0.1) is 0 Å². The van der Waals surface area contributed by atoms with E-state index < -0.39 is 0 Å². The predicted molar refractivity (Wildman–Crippen MR) is 73.1 cm³/mol. The van der Waals surface area contributed by atoms with Gasteiger partial charge in [0.25, 0.3) is 0 Å². The number of halogens is 1. The number of alkyl halides is 1. The fraction of sp³-hybridized carbons (Fsp3) is 1.00. The van der Waals surface area contributed by atoms with Gasteiger partial charge in [0, 0.05) is 3.42 Å². The highest BCUT2D eigenvalue weighted by Crippen LogP contribution is 2.54. The fourth-order valence-corrected chi connectivity index (χ4v) is 4.63. The summed E-state index contributed by atoms with van der Waals surface area (Å²) >= 11 is 2.79. The molecule has 0 heterocycles. The Bertz CT molecular complexity index is 150. The van der Waals surface area contributed by atoms with Crippen LogP contribution in [0.15, 0.2) is 0 Å². The van der Waals surface area contributed by atoms with Crippen LogP contribution >= 0.6 is 22.6 Å². The maximum absolute atomic E-state index is 2.79. The monoisotopic (exact) mass is 308 g/mol. The highest BCUT2D eigenvalue weighted by atomic mass is 127. The van der Waals surface area contributed by atoms with Crippen LogP contribution in [0.25, 0.3) is 0 Å². The van der Waals surface area contributed by atoms with Crippen molar-refractivity contribution in [2.45, 2.75) is 75.6 Å². The Balaban J connectivity index is 2.75. The minimum absolute atomic E-state index is 0.605. The minimum atomic E-state index is 0.605. The Morgan fingerprint density at radius 2 is 1.57 bits per heavy atom. The van der Waals surface area contributed by atoms with Crippen LogP contribution in [0.5, 0.6) is 0 Å². The molecule has 0 bridgehead atoms. The van der Waals surface area contributed by atoms with Gasteiger partial charge in [0.1, 0.15) is 0 Å². The molecule has 0 aromatic heterocycles. The largest absolute Gasteiger partial charge is 0.0783 e. The Hall–Kier alpha value is 0.730. The van der Waals surface area contributed by atoms with Crippen molar-refractivity contribution >= 4 is 22.6 Å². The van der Waals surface area contributed by atoms with Gasteiger partial charge in [-0.05, 0) is 31.1 Å². The van der Waals surface area contributed by atoms with E-state index in [0.717, 1.165) is 0 Å². The van der Waals surface area contributed by atoms with Crippen LogP contribution in [0, 0.1) is 5.41 Å². The molecule has 1 fully saturated rings. The van der Waals surface area contributed by atoms with Gasteiger partial charge in [-0.2, -0.15) is 0 Å². The molecule has 0 N–H and O–H groups in total. The molecule has 1 aliphatic rings. The van der Waals surface area contributed by atoms with Crippen molar-refractivity contribution in [1.29, 1.82) is 0 Å². The van der Waals surface area contributed by atoms with Gasteiger partial charge in [-0.15, -0.1) is 0 Å². The van der Waals surface area contributed by atoms with Crippen molar-refractivity contribution < 1.29 is 0 Å². The average molecular weight is 308 g/mol. The topological polar surface area (TPSA) is 0 Å². The molecule has 0 aromatic rings. The molecule has 0 spiro atoms. The summed E-state index contributed by atoms with van der Waals surface area (Å²) < 4.78 is 0.605. The van der Waals surface area contributed by atoms with Crippen molar-refractivity contribution in [2.24, 2.45) is 5.41 Å². The van der Waals surface area contributed by atoms with E-state index in [4.69, 9.17) is 0 Å². The van der Waals surface area contributed by atoms with Crippen LogP contribution in [0.1, 0.15) is 72.1 Å². The summed E-state index contributed by atoms with van der Waals surface area (Å²) in [6.45, 7) is 7.21. The molecule has 0 radical (unpaired) electrons. The average Bonchev–Trinajstić information content (AvgIpc) is 2.12. The van der Waals surface area contributed by atoms with Crippen molar-refractivity contribution in [3.05, 3.63) is 0 Å². The highest BCUT2D eigenvalue weighted by molar-refractivity contribution is 14.1. The standard InChI is InChI=1S/C13H25I/c1-4-8-12(3)10-6-7-11-13(12,14)9-5-2/h4-11H2,1-3H3. The molecule has 1 saturated carbocycles. The molecule has 1 aliphatic carbocycles. The molecular weight excluding hydrogens is 283 g/mol. The normalized spacial score (nSPS) is 38.6. The van der Waals surface area contributed by atoms with Crippen LogP contribution in [-0.2, 0) is 0 Å². The first-order chi connectivity index (χ1) is 6.58. The molecule has 0 aliphatic heterocycles. The summed E-state index contributed by atoms with van der Waals surface area (Å²) in [5.74, 6) is 0. The SMILES string of the molecule is CCCC1(C)CCCCC1(I)CCC. The Kier molecular flexibility index (Phi) is 4.73. The third-order valence-electron chi connectivity index (χ3n) is 4.08. The van der Waals surface area contributed by atoms with Crippen LogP contribution in [0.3, 0.4) is 0 Å². The lowest BCUT2D eigenvalue weighted by atomic mass is 9.64. The fourth-order valence-electron chi connectivity index (χ4n) is 3.17. The van der Waals surface area contributed by atoms with E-state index in [1.54, 1.807) is 0 Å². The first-order valence-corrected chi connectivity index (χ1v) is 7.35. The summed E-state index contributed by atoms with van der Waals surface area (Å²) in [6.07, 6.45) is 11.4. The van der Waals surface area contributed by atoms with Gasteiger partial charge in [0.2, 0.25) is 0 Å². The molecule has 0 amide bonds. The van der Waals surface area contributed by atoms with E-state index in [2.05, 4.69) is 43.4 Å². The van der Waals surface area contributed by atoms with Crippen molar-refractivity contribution in [2.75, 3.05) is 0 Å². The van der Waals surface area contributed by atoms with Crippen molar-refractivity contribution in [3.8, 4) is 0 Å². The van der Waals surface area contributed by atoms with Gasteiger partial charge >= 0.3 is 0 Å². The van der Waals surface area contributed by atoms with Gasteiger partial charge in [-0.3, -0.25) is 0 Å². The molecule has 1 heteroatoms. The van der Waals surface area contributed by atoms with Gasteiger partial charge in [-0.25, -0.2) is 0 Å².